The minimum absolute atomic E-state index is 0.0767. The second-order valence-electron chi connectivity index (χ2n) is 15.5. The predicted octanol–water partition coefficient (Wildman–Crippen LogP) is 13.7. The number of thiazole rings is 2. The summed E-state index contributed by atoms with van der Waals surface area (Å²) in [7, 11) is 0. The van der Waals surface area contributed by atoms with Crippen molar-refractivity contribution < 1.29 is 4.92 Å². The zero-order chi connectivity index (χ0) is 44.1. The van der Waals surface area contributed by atoms with Crippen molar-refractivity contribution in [2.24, 2.45) is 10.2 Å². The lowest BCUT2D eigenvalue weighted by atomic mass is 10.0. The molecule has 0 aliphatic heterocycles. The van der Waals surface area contributed by atoms with Crippen LogP contribution in [0, 0.1) is 69.9 Å². The maximum atomic E-state index is 11.8. The van der Waals surface area contributed by atoms with Gasteiger partial charge in [0.15, 0.2) is 16.8 Å². The van der Waals surface area contributed by atoms with Crippen molar-refractivity contribution in [2.75, 3.05) is 10.2 Å². The van der Waals surface area contributed by atoms with Gasteiger partial charge in [-0.1, -0.05) is 94.5 Å². The number of aryl methyl sites for hydroxylation is 7. The molecule has 0 radical (unpaired) electrons. The van der Waals surface area contributed by atoms with Crippen molar-refractivity contribution in [1.82, 2.24) is 24.7 Å². The van der Waals surface area contributed by atoms with Crippen molar-refractivity contribution in [2.45, 2.75) is 48.5 Å². The number of benzene rings is 5. The molecule has 0 amide bonds. The number of aromatic nitrogens is 5. The molecule has 0 saturated heterocycles. The lowest BCUT2D eigenvalue weighted by Gasteiger charge is -2.27. The Kier molecular flexibility index (Phi) is 10.5. The number of rotatable bonds is 10. The van der Waals surface area contributed by atoms with Gasteiger partial charge in [-0.15, -0.1) is 10.2 Å². The summed E-state index contributed by atoms with van der Waals surface area (Å²) in [5, 5.41) is 42.0. The maximum absolute atomic E-state index is 11.8. The molecule has 13 nitrogen and oxygen atoms in total. The molecular weight excluding hydrogens is 827 g/mol. The van der Waals surface area contributed by atoms with E-state index in [1.807, 2.05) is 55.5 Å². The number of azo groups is 1. The Morgan fingerprint density at radius 1 is 0.730 bits per heavy atom. The SMILES string of the molecule is Cc1cc(C)c(Nc2nc(N(c3nc4ccccc4s3)c3c(C)cc(C)cc3C)cc(C)c2/N=N/c2c(C#N)c(-c3cccc([N+](=O)[O-])c3)nn2-c2nc3ccccc3s2)c(C)c1. The molecule has 0 aliphatic carbocycles. The van der Waals surface area contributed by atoms with E-state index in [0.717, 1.165) is 75.9 Å². The summed E-state index contributed by atoms with van der Waals surface area (Å²) in [6.45, 7) is 14.4. The topological polar surface area (TPSA) is 163 Å². The number of hydrogen-bond donors (Lipinski definition) is 1. The number of non-ortho nitro benzene ring substituents is 1. The molecule has 15 heteroatoms. The second kappa shape index (κ2) is 16.3. The normalized spacial score (nSPS) is 11.5. The summed E-state index contributed by atoms with van der Waals surface area (Å²) >= 11 is 2.96. The van der Waals surface area contributed by atoms with Crippen LogP contribution in [0.1, 0.15) is 44.5 Å². The molecule has 0 saturated carbocycles. The minimum atomic E-state index is -0.481. The van der Waals surface area contributed by atoms with Crippen LogP contribution in [0.25, 0.3) is 36.8 Å². The molecular formula is C48H39N11O2S2. The van der Waals surface area contributed by atoms with Gasteiger partial charge in [-0.3, -0.25) is 15.0 Å². The van der Waals surface area contributed by atoms with Crippen LogP contribution in [0.15, 0.2) is 113 Å². The molecule has 0 atom stereocenters. The van der Waals surface area contributed by atoms with Crippen molar-refractivity contribution >= 4 is 88.4 Å². The van der Waals surface area contributed by atoms with Crippen molar-refractivity contribution in [3.63, 3.8) is 0 Å². The average Bonchev–Trinajstić information content (AvgIpc) is 3.98. The number of hydrogen-bond acceptors (Lipinski definition) is 13. The van der Waals surface area contributed by atoms with Crippen LogP contribution in [-0.4, -0.2) is 29.7 Å². The lowest BCUT2D eigenvalue weighted by molar-refractivity contribution is -0.384. The van der Waals surface area contributed by atoms with Crippen LogP contribution >= 0.6 is 22.7 Å². The summed E-state index contributed by atoms with van der Waals surface area (Å²) in [4.78, 5) is 28.8. The summed E-state index contributed by atoms with van der Waals surface area (Å²) in [6.07, 6.45) is 0. The van der Waals surface area contributed by atoms with Crippen LogP contribution in [-0.2, 0) is 0 Å². The van der Waals surface area contributed by atoms with E-state index in [0.29, 0.717) is 28.0 Å². The average molecular weight is 866 g/mol. The molecule has 0 spiro atoms. The Balaban J connectivity index is 1.27. The Morgan fingerprint density at radius 3 is 2.00 bits per heavy atom. The molecule has 9 aromatic rings. The molecule has 0 aliphatic rings. The number of nitro benzene ring substituents is 1. The van der Waals surface area contributed by atoms with E-state index in [9.17, 15) is 15.4 Å². The quantitative estimate of drug-likeness (QED) is 0.0800. The van der Waals surface area contributed by atoms with E-state index in [4.69, 9.17) is 30.3 Å². The zero-order valence-corrected chi connectivity index (χ0v) is 37.1. The van der Waals surface area contributed by atoms with E-state index in [1.54, 1.807) is 23.5 Å². The molecule has 310 valence electrons. The molecule has 4 heterocycles. The molecule has 63 heavy (non-hydrogen) atoms. The van der Waals surface area contributed by atoms with Gasteiger partial charge in [0.25, 0.3) is 5.69 Å². The smallest absolute Gasteiger partial charge is 0.270 e. The highest BCUT2D eigenvalue weighted by Crippen LogP contribution is 2.45. The Bertz CT molecular complexity index is 3260. The summed E-state index contributed by atoms with van der Waals surface area (Å²) < 4.78 is 3.44. The number of pyridine rings is 1. The number of nitrogens with zero attached hydrogens (tertiary/aromatic N) is 10. The van der Waals surface area contributed by atoms with Crippen LogP contribution in [0.3, 0.4) is 0 Å². The van der Waals surface area contributed by atoms with Crippen LogP contribution in [0.2, 0.25) is 0 Å². The fourth-order valence-corrected chi connectivity index (χ4v) is 9.92. The molecule has 5 aromatic carbocycles. The van der Waals surface area contributed by atoms with Gasteiger partial charge in [-0.25, -0.2) is 15.0 Å². The molecule has 0 bridgehead atoms. The lowest BCUT2D eigenvalue weighted by Crippen LogP contribution is -2.15. The van der Waals surface area contributed by atoms with Crippen LogP contribution < -0.4 is 10.2 Å². The fraction of sp³-hybridized carbons (Fsp3) is 0.146. The first-order chi connectivity index (χ1) is 30.4. The van der Waals surface area contributed by atoms with E-state index in [2.05, 4.69) is 88.2 Å². The number of anilines is 5. The fourth-order valence-electron chi connectivity index (χ4n) is 8.02. The number of para-hydroxylation sites is 2. The van der Waals surface area contributed by atoms with Gasteiger partial charge >= 0.3 is 0 Å². The van der Waals surface area contributed by atoms with Crippen molar-refractivity contribution in [3.8, 4) is 22.5 Å². The third-order valence-corrected chi connectivity index (χ3v) is 12.7. The van der Waals surface area contributed by atoms with Gasteiger partial charge in [0.05, 0.1) is 31.0 Å². The minimum Gasteiger partial charge on any atom is -0.338 e. The number of nitriles is 1. The molecule has 9 rings (SSSR count). The number of nitrogens with one attached hydrogen (secondary N) is 1. The number of fused-ring (bicyclic) bond motifs is 2. The standard InChI is InChI=1S/C48H39N11O2S2/c1-26-19-28(3)41(29(4)20-26)53-45-42(30(5)23-40(52-45)57(44-31(6)21-27(2)22-32(44)7)47-50-36-15-8-10-17-38(36)62-47)54-55-46-35(25-49)43(33-13-12-14-34(24-33)59(60)61)56-58(46)48-51-37-16-9-11-18-39(37)63-48/h8-24H,1-7H3,(H,52,53)/b55-54+. The van der Waals surface area contributed by atoms with Gasteiger partial charge in [-0.2, -0.15) is 15.0 Å². The van der Waals surface area contributed by atoms with Gasteiger partial charge in [0, 0.05) is 23.4 Å². The second-order valence-corrected chi connectivity index (χ2v) is 17.5. The highest BCUT2D eigenvalue weighted by atomic mass is 32.1. The molecule has 1 N–H and O–H groups in total. The maximum Gasteiger partial charge on any atom is 0.270 e. The zero-order valence-electron chi connectivity index (χ0n) is 35.4. The first-order valence-electron chi connectivity index (χ1n) is 20.0. The van der Waals surface area contributed by atoms with Gasteiger partial charge in [-0.05, 0) is 107 Å². The monoisotopic (exact) mass is 865 g/mol. The third kappa shape index (κ3) is 7.66. The van der Waals surface area contributed by atoms with Gasteiger partial charge in [0.2, 0.25) is 5.13 Å². The molecule has 0 unspecified atom stereocenters. The number of nitro groups is 1. The van der Waals surface area contributed by atoms with E-state index in [-0.39, 0.29) is 22.8 Å². The molecule has 4 aromatic heterocycles. The highest BCUT2D eigenvalue weighted by Gasteiger charge is 2.27. The van der Waals surface area contributed by atoms with E-state index < -0.39 is 4.92 Å². The third-order valence-electron chi connectivity index (χ3n) is 10.7. The van der Waals surface area contributed by atoms with Gasteiger partial charge in [0.1, 0.15) is 28.8 Å². The van der Waals surface area contributed by atoms with Crippen molar-refractivity contribution in [1.29, 1.82) is 5.26 Å². The highest BCUT2D eigenvalue weighted by molar-refractivity contribution is 7.22. The van der Waals surface area contributed by atoms with Gasteiger partial charge < -0.3 is 5.32 Å². The van der Waals surface area contributed by atoms with Crippen LogP contribution in [0.5, 0.6) is 0 Å². The predicted molar refractivity (Wildman–Crippen MR) is 253 cm³/mol. The van der Waals surface area contributed by atoms with Crippen molar-refractivity contribution in [3.05, 3.63) is 158 Å². The largest absolute Gasteiger partial charge is 0.338 e. The summed E-state index contributed by atoms with van der Waals surface area (Å²) in [6, 6.07) is 34.6. The first kappa shape index (κ1) is 40.7. The Morgan fingerprint density at radius 2 is 1.37 bits per heavy atom. The Labute approximate surface area is 370 Å². The summed E-state index contributed by atoms with van der Waals surface area (Å²) in [5.74, 6) is 1.16. The first-order valence-corrected chi connectivity index (χ1v) is 21.7. The van der Waals surface area contributed by atoms with E-state index >= 15 is 0 Å². The van der Waals surface area contributed by atoms with Crippen LogP contribution in [0.4, 0.5) is 45.3 Å². The summed E-state index contributed by atoms with van der Waals surface area (Å²) in [5.41, 5.74) is 11.7. The molecule has 0 fully saturated rings. The Hall–Kier alpha value is -7.67. The van der Waals surface area contributed by atoms with E-state index in [1.165, 1.54) is 28.2 Å².